The van der Waals surface area contributed by atoms with Crippen LogP contribution in [0.4, 0.5) is 0 Å². The van der Waals surface area contributed by atoms with Crippen LogP contribution in [-0.2, 0) is 0 Å². The lowest BCUT2D eigenvalue weighted by molar-refractivity contribution is 1.56. The fraction of sp³-hybridized carbons (Fsp3) is 0.200. The number of rotatable bonds is 1. The van der Waals surface area contributed by atoms with Gasteiger partial charge < -0.3 is 5.73 Å². The van der Waals surface area contributed by atoms with Crippen LogP contribution in [0.3, 0.4) is 0 Å². The molecule has 0 saturated carbocycles. The van der Waals surface area contributed by atoms with Crippen molar-refractivity contribution in [2.75, 3.05) is 0 Å². The summed E-state index contributed by atoms with van der Waals surface area (Å²) < 4.78 is 0. The third-order valence-corrected chi connectivity index (χ3v) is 0.719. The number of hydrogen-bond acceptors (Lipinski definition) is 1. The molecule has 0 aliphatic rings. The zero-order valence-electron chi connectivity index (χ0n) is 4.72. The first kappa shape index (κ1) is 7.30. The molecule has 8 heavy (non-hydrogen) atoms. The summed E-state index contributed by atoms with van der Waals surface area (Å²) in [6, 6.07) is 0. The molecule has 0 aromatic rings. The first-order chi connectivity index (χ1) is 3.66. The molecule has 0 heterocycles. The van der Waals surface area contributed by atoms with E-state index in [4.69, 9.17) is 5.73 Å². The van der Waals surface area contributed by atoms with Crippen LogP contribution in [0.2, 0.25) is 0 Å². The highest BCUT2D eigenvalue weighted by molar-refractivity contribution is 7.80. The van der Waals surface area contributed by atoms with E-state index in [-0.39, 0.29) is 0 Å². The van der Waals surface area contributed by atoms with Gasteiger partial charge >= 0.3 is 0 Å². The predicted molar refractivity (Wildman–Crippen MR) is 40.1 cm³/mol. The molecule has 0 atom stereocenters. The van der Waals surface area contributed by atoms with Gasteiger partial charge in [0.2, 0.25) is 0 Å². The lowest BCUT2D eigenvalue weighted by Crippen LogP contribution is -2.06. The normalized spacial score (nSPS) is 10.9. The smallest absolute Gasteiger partial charge is 0.127 e. The molecule has 2 nitrogen and oxygen atoms in total. The number of nitrogens with two attached hydrogens (primary N) is 1. The fourth-order valence-electron chi connectivity index (χ4n) is 0.219. The van der Waals surface area contributed by atoms with Crippen molar-refractivity contribution in [3.05, 3.63) is 12.7 Å². The van der Waals surface area contributed by atoms with Crippen molar-refractivity contribution in [1.29, 1.82) is 0 Å². The molecule has 0 unspecified atom stereocenters. The third kappa shape index (κ3) is 3.49. The van der Waals surface area contributed by atoms with E-state index in [2.05, 4.69) is 23.8 Å². The SMILES string of the molecule is C=CC(=S)N=C(C)N. The first-order valence-electron chi connectivity index (χ1n) is 2.14. The Morgan fingerprint density at radius 3 is 2.50 bits per heavy atom. The van der Waals surface area contributed by atoms with E-state index < -0.39 is 0 Å². The van der Waals surface area contributed by atoms with Crippen molar-refractivity contribution < 1.29 is 0 Å². The Balaban J connectivity index is 3.89. The molecule has 0 fully saturated rings. The van der Waals surface area contributed by atoms with Crippen LogP contribution in [0.1, 0.15) is 6.92 Å². The summed E-state index contributed by atoms with van der Waals surface area (Å²) in [6.07, 6.45) is 1.48. The summed E-state index contributed by atoms with van der Waals surface area (Å²) in [6.45, 7) is 5.09. The molecule has 0 bridgehead atoms. The Bertz CT molecular complexity index is 133. The van der Waals surface area contributed by atoms with Gasteiger partial charge in [0.25, 0.3) is 0 Å². The van der Waals surface area contributed by atoms with Crippen LogP contribution in [-0.4, -0.2) is 10.8 Å². The zero-order valence-corrected chi connectivity index (χ0v) is 5.53. The standard InChI is InChI=1S/C5H8N2S/c1-3-5(8)7-4(2)6/h3H,1H2,2H3,(H2,6,7,8). The van der Waals surface area contributed by atoms with E-state index in [1.165, 1.54) is 6.08 Å². The summed E-state index contributed by atoms with van der Waals surface area (Å²) in [5.41, 5.74) is 5.18. The van der Waals surface area contributed by atoms with Gasteiger partial charge in [0.1, 0.15) is 4.99 Å². The number of hydrogen-bond donors (Lipinski definition) is 1. The first-order valence-corrected chi connectivity index (χ1v) is 2.55. The van der Waals surface area contributed by atoms with Gasteiger partial charge in [0.05, 0.1) is 5.84 Å². The van der Waals surface area contributed by atoms with E-state index in [1.807, 2.05) is 0 Å². The maximum absolute atomic E-state index is 5.18. The van der Waals surface area contributed by atoms with E-state index in [9.17, 15) is 0 Å². The van der Waals surface area contributed by atoms with Crippen molar-refractivity contribution in [3.63, 3.8) is 0 Å². The number of nitrogens with zero attached hydrogens (tertiary/aromatic N) is 1. The molecule has 0 radical (unpaired) electrons. The molecule has 0 spiro atoms. The predicted octanol–water partition coefficient (Wildman–Crippen LogP) is 0.877. The minimum absolute atomic E-state index is 0.435. The number of thiocarbonyl (C=S) groups is 1. The lowest BCUT2D eigenvalue weighted by atomic mass is 10.6. The Labute approximate surface area is 54.1 Å². The second kappa shape index (κ2) is 3.32. The van der Waals surface area contributed by atoms with Crippen molar-refractivity contribution >= 4 is 23.0 Å². The maximum Gasteiger partial charge on any atom is 0.127 e. The minimum Gasteiger partial charge on any atom is -0.387 e. The Morgan fingerprint density at radius 2 is 2.38 bits per heavy atom. The molecular weight excluding hydrogens is 120 g/mol. The average molecular weight is 128 g/mol. The molecule has 0 amide bonds. The second-order valence-corrected chi connectivity index (χ2v) is 1.71. The van der Waals surface area contributed by atoms with Gasteiger partial charge in [-0.2, -0.15) is 0 Å². The summed E-state index contributed by atoms with van der Waals surface area (Å²) in [7, 11) is 0. The molecule has 3 heteroatoms. The minimum atomic E-state index is 0.435. The van der Waals surface area contributed by atoms with Crippen LogP contribution >= 0.6 is 12.2 Å². The Hall–Kier alpha value is -0.700. The highest BCUT2D eigenvalue weighted by Gasteiger charge is 1.80. The third-order valence-electron chi connectivity index (χ3n) is 0.461. The zero-order chi connectivity index (χ0) is 6.57. The summed E-state index contributed by atoms with van der Waals surface area (Å²) >= 11 is 4.65. The topological polar surface area (TPSA) is 38.4 Å². The molecule has 0 saturated heterocycles. The van der Waals surface area contributed by atoms with Gasteiger partial charge in [0, 0.05) is 0 Å². The van der Waals surface area contributed by atoms with E-state index in [0.29, 0.717) is 10.8 Å². The quantitative estimate of drug-likeness (QED) is 0.246. The van der Waals surface area contributed by atoms with E-state index >= 15 is 0 Å². The van der Waals surface area contributed by atoms with Gasteiger partial charge in [-0.1, -0.05) is 18.8 Å². The number of aliphatic imine (C=N–C) groups is 1. The van der Waals surface area contributed by atoms with Gasteiger partial charge in [-0.15, -0.1) is 0 Å². The van der Waals surface area contributed by atoms with Gasteiger partial charge in [-0.3, -0.25) is 0 Å². The molecule has 0 aromatic heterocycles. The molecule has 44 valence electrons. The number of amidine groups is 1. The maximum atomic E-state index is 5.18. The van der Waals surface area contributed by atoms with Crippen LogP contribution in [0.15, 0.2) is 17.6 Å². The lowest BCUT2D eigenvalue weighted by Gasteiger charge is -1.85. The fourth-order valence-corrected chi connectivity index (χ4v) is 0.363. The van der Waals surface area contributed by atoms with Crippen LogP contribution in [0, 0.1) is 0 Å². The average Bonchev–Trinajstić information content (AvgIpc) is 1.65. The second-order valence-electron chi connectivity index (χ2n) is 1.30. The van der Waals surface area contributed by atoms with Crippen LogP contribution in [0.25, 0.3) is 0 Å². The summed E-state index contributed by atoms with van der Waals surface area (Å²) in [4.78, 5) is 4.14. The van der Waals surface area contributed by atoms with E-state index in [0.717, 1.165) is 0 Å². The molecule has 0 rings (SSSR count). The molecule has 2 N–H and O–H groups in total. The van der Waals surface area contributed by atoms with Crippen molar-refractivity contribution in [3.8, 4) is 0 Å². The van der Waals surface area contributed by atoms with E-state index in [1.54, 1.807) is 6.92 Å². The monoisotopic (exact) mass is 128 g/mol. The van der Waals surface area contributed by atoms with Crippen molar-refractivity contribution in [1.82, 2.24) is 0 Å². The molecular formula is C5H8N2S. The van der Waals surface area contributed by atoms with Crippen molar-refractivity contribution in [2.24, 2.45) is 10.7 Å². The highest BCUT2D eigenvalue weighted by Crippen LogP contribution is 1.79. The largest absolute Gasteiger partial charge is 0.387 e. The summed E-state index contributed by atoms with van der Waals surface area (Å²) in [5.74, 6) is 0.468. The highest BCUT2D eigenvalue weighted by atomic mass is 32.1. The molecule has 0 aliphatic carbocycles. The van der Waals surface area contributed by atoms with Gasteiger partial charge in [0.15, 0.2) is 0 Å². The van der Waals surface area contributed by atoms with Gasteiger partial charge in [-0.05, 0) is 13.0 Å². The van der Waals surface area contributed by atoms with Crippen LogP contribution in [0.5, 0.6) is 0 Å². The Kier molecular flexibility index (Phi) is 3.03. The van der Waals surface area contributed by atoms with Gasteiger partial charge in [-0.25, -0.2) is 4.99 Å². The summed E-state index contributed by atoms with van der Waals surface area (Å²) in [5, 5.41) is 0. The molecule has 0 aromatic carbocycles. The molecule has 0 aliphatic heterocycles. The Morgan fingerprint density at radius 1 is 1.88 bits per heavy atom. The van der Waals surface area contributed by atoms with Crippen LogP contribution < -0.4 is 5.73 Å². The van der Waals surface area contributed by atoms with Crippen molar-refractivity contribution in [2.45, 2.75) is 6.92 Å².